The largest absolute Gasteiger partial charge is 0.461 e. The average Bonchev–Trinajstić information content (AvgIpc) is 3.38. The minimum Gasteiger partial charge on any atom is -0.461 e. The summed E-state index contributed by atoms with van der Waals surface area (Å²) in [6.07, 6.45) is 1.65. The number of nitrogens with zero attached hydrogens (tertiary/aromatic N) is 6. The van der Waals surface area contributed by atoms with Gasteiger partial charge in [-0.2, -0.15) is 5.10 Å². The standard InChI is InChI=1S/C20H13BrN6O2/c21-17-16(10-29-12-28)27(13-6-2-1-3-7-13)25-18(17)19-20-24-22-11-26(20)15-9-5-4-8-14(15)23-19/h1-9,11-12H,10H2. The molecule has 3 aromatic heterocycles. The zero-order valence-electron chi connectivity index (χ0n) is 14.9. The van der Waals surface area contributed by atoms with E-state index in [0.29, 0.717) is 33.7 Å². The molecule has 9 heteroatoms. The molecule has 0 fully saturated rings. The number of fused-ring (bicyclic) bond motifs is 3. The number of ether oxygens (including phenoxy) is 1. The van der Waals surface area contributed by atoms with Gasteiger partial charge in [-0.1, -0.05) is 30.3 Å². The topological polar surface area (TPSA) is 87.2 Å². The fourth-order valence-corrected chi connectivity index (χ4v) is 3.82. The Hall–Kier alpha value is -3.59. The van der Waals surface area contributed by atoms with Crippen molar-refractivity contribution in [2.45, 2.75) is 6.61 Å². The van der Waals surface area contributed by atoms with E-state index in [1.807, 2.05) is 59.0 Å². The van der Waals surface area contributed by atoms with Crippen LogP contribution in [-0.2, 0) is 16.1 Å². The lowest BCUT2D eigenvalue weighted by atomic mass is 10.2. The summed E-state index contributed by atoms with van der Waals surface area (Å²) >= 11 is 3.63. The van der Waals surface area contributed by atoms with Crippen molar-refractivity contribution < 1.29 is 9.53 Å². The van der Waals surface area contributed by atoms with Gasteiger partial charge in [-0.05, 0) is 40.2 Å². The molecule has 3 heterocycles. The molecular weight excluding hydrogens is 436 g/mol. The first kappa shape index (κ1) is 17.5. The van der Waals surface area contributed by atoms with Crippen molar-refractivity contribution in [3.05, 3.63) is 71.1 Å². The summed E-state index contributed by atoms with van der Waals surface area (Å²) < 4.78 is 9.32. The van der Waals surface area contributed by atoms with Gasteiger partial charge in [-0.25, -0.2) is 9.67 Å². The monoisotopic (exact) mass is 448 g/mol. The number of aromatic nitrogens is 6. The minimum absolute atomic E-state index is 0.0581. The van der Waals surface area contributed by atoms with Gasteiger partial charge in [0, 0.05) is 0 Å². The van der Waals surface area contributed by atoms with Crippen LogP contribution in [0.15, 0.2) is 65.4 Å². The molecule has 2 aromatic carbocycles. The highest BCUT2D eigenvalue weighted by atomic mass is 79.9. The lowest BCUT2D eigenvalue weighted by Crippen LogP contribution is -2.04. The quantitative estimate of drug-likeness (QED) is 0.382. The number of benzene rings is 2. The number of hydrogen-bond donors (Lipinski definition) is 0. The fraction of sp³-hybridized carbons (Fsp3) is 0.0500. The van der Waals surface area contributed by atoms with Gasteiger partial charge >= 0.3 is 0 Å². The van der Waals surface area contributed by atoms with Crippen LogP contribution in [0.1, 0.15) is 5.69 Å². The third-order valence-electron chi connectivity index (χ3n) is 4.56. The molecule has 0 aliphatic carbocycles. The highest BCUT2D eigenvalue weighted by molar-refractivity contribution is 9.10. The summed E-state index contributed by atoms with van der Waals surface area (Å²) in [7, 11) is 0. The maximum atomic E-state index is 10.8. The van der Waals surface area contributed by atoms with Crippen molar-refractivity contribution in [2.24, 2.45) is 0 Å². The van der Waals surface area contributed by atoms with Crippen molar-refractivity contribution in [1.29, 1.82) is 0 Å². The molecule has 8 nitrogen and oxygen atoms in total. The molecule has 29 heavy (non-hydrogen) atoms. The van der Waals surface area contributed by atoms with Crippen LogP contribution in [0.5, 0.6) is 0 Å². The first-order valence-corrected chi connectivity index (χ1v) is 9.54. The highest BCUT2D eigenvalue weighted by Gasteiger charge is 2.23. The number of halogens is 1. The molecule has 0 radical (unpaired) electrons. The van der Waals surface area contributed by atoms with E-state index >= 15 is 0 Å². The SMILES string of the molecule is O=COCc1c(Br)c(-c2nc3ccccc3n3cnnc23)nn1-c1ccccc1. The first-order valence-electron chi connectivity index (χ1n) is 8.75. The summed E-state index contributed by atoms with van der Waals surface area (Å²) in [5.41, 5.74) is 4.97. The van der Waals surface area contributed by atoms with Crippen LogP contribution in [0.4, 0.5) is 0 Å². The molecule has 0 bridgehead atoms. The third kappa shape index (κ3) is 2.87. The van der Waals surface area contributed by atoms with Crippen molar-refractivity contribution in [3.8, 4) is 17.1 Å². The van der Waals surface area contributed by atoms with Crippen molar-refractivity contribution in [1.82, 2.24) is 29.4 Å². The molecular formula is C20H13BrN6O2. The number of hydrogen-bond acceptors (Lipinski definition) is 6. The highest BCUT2D eigenvalue weighted by Crippen LogP contribution is 2.34. The predicted molar refractivity (Wildman–Crippen MR) is 109 cm³/mol. The van der Waals surface area contributed by atoms with Crippen LogP contribution in [0.25, 0.3) is 33.8 Å². The molecule has 0 aliphatic rings. The molecule has 0 saturated heterocycles. The third-order valence-corrected chi connectivity index (χ3v) is 5.40. The van der Waals surface area contributed by atoms with Gasteiger partial charge in [0.2, 0.25) is 0 Å². The Kier molecular flexibility index (Phi) is 4.28. The van der Waals surface area contributed by atoms with Crippen molar-refractivity contribution in [2.75, 3.05) is 0 Å². The zero-order valence-corrected chi connectivity index (χ0v) is 16.5. The van der Waals surface area contributed by atoms with E-state index in [9.17, 15) is 4.79 Å². The Bertz CT molecular complexity index is 1350. The molecule has 0 N–H and O–H groups in total. The lowest BCUT2D eigenvalue weighted by Gasteiger charge is -2.06. The van der Waals surface area contributed by atoms with E-state index in [-0.39, 0.29) is 6.61 Å². The van der Waals surface area contributed by atoms with Crippen LogP contribution >= 0.6 is 15.9 Å². The molecule has 0 atom stereocenters. The summed E-state index contributed by atoms with van der Waals surface area (Å²) in [4.78, 5) is 15.6. The number of para-hydroxylation sites is 3. The molecule has 142 valence electrons. The van der Waals surface area contributed by atoms with Gasteiger partial charge in [0.25, 0.3) is 6.47 Å². The van der Waals surface area contributed by atoms with Crippen LogP contribution in [-0.4, -0.2) is 35.8 Å². The first-order chi connectivity index (χ1) is 14.3. The summed E-state index contributed by atoms with van der Waals surface area (Å²) in [5.74, 6) is 0. The second kappa shape index (κ2) is 7.10. The summed E-state index contributed by atoms with van der Waals surface area (Å²) in [6.45, 7) is 0.474. The Labute approximate surface area is 172 Å². The number of carbonyl (C=O) groups is 1. The van der Waals surface area contributed by atoms with Crippen LogP contribution in [0, 0.1) is 0 Å². The van der Waals surface area contributed by atoms with Crippen LogP contribution in [0.2, 0.25) is 0 Å². The number of rotatable bonds is 5. The smallest absolute Gasteiger partial charge is 0.293 e. The van der Waals surface area contributed by atoms with E-state index in [2.05, 4.69) is 26.1 Å². The van der Waals surface area contributed by atoms with Gasteiger partial charge in [0.15, 0.2) is 5.65 Å². The molecule has 0 unspecified atom stereocenters. The number of carbonyl (C=O) groups excluding carboxylic acids is 1. The molecule has 0 spiro atoms. The lowest BCUT2D eigenvalue weighted by molar-refractivity contribution is -0.130. The zero-order chi connectivity index (χ0) is 19.8. The Morgan fingerprint density at radius 2 is 1.83 bits per heavy atom. The average molecular weight is 449 g/mol. The van der Waals surface area contributed by atoms with E-state index in [0.717, 1.165) is 16.7 Å². The summed E-state index contributed by atoms with van der Waals surface area (Å²) in [5, 5.41) is 13.1. The van der Waals surface area contributed by atoms with Gasteiger partial charge in [0.05, 0.1) is 26.9 Å². The van der Waals surface area contributed by atoms with Gasteiger partial charge in [-0.15, -0.1) is 10.2 Å². The molecule has 5 aromatic rings. The van der Waals surface area contributed by atoms with Crippen LogP contribution in [0.3, 0.4) is 0 Å². The second-order valence-corrected chi connectivity index (χ2v) is 7.03. The Balaban J connectivity index is 1.79. The summed E-state index contributed by atoms with van der Waals surface area (Å²) in [6, 6.07) is 17.4. The van der Waals surface area contributed by atoms with Crippen molar-refractivity contribution >= 4 is 39.1 Å². The van der Waals surface area contributed by atoms with Gasteiger partial charge in [0.1, 0.15) is 24.3 Å². The fourth-order valence-electron chi connectivity index (χ4n) is 3.27. The predicted octanol–water partition coefficient (Wildman–Crippen LogP) is 3.57. The maximum absolute atomic E-state index is 10.8. The van der Waals surface area contributed by atoms with Crippen molar-refractivity contribution in [3.63, 3.8) is 0 Å². The Morgan fingerprint density at radius 3 is 2.66 bits per heavy atom. The van der Waals surface area contributed by atoms with Crippen LogP contribution < -0.4 is 0 Å². The van der Waals surface area contributed by atoms with Gasteiger partial charge in [-0.3, -0.25) is 9.20 Å². The van der Waals surface area contributed by atoms with E-state index < -0.39 is 0 Å². The van der Waals surface area contributed by atoms with E-state index in [1.54, 1.807) is 11.0 Å². The second-order valence-electron chi connectivity index (χ2n) is 6.24. The molecule has 5 rings (SSSR count). The maximum Gasteiger partial charge on any atom is 0.293 e. The molecule has 0 aliphatic heterocycles. The Morgan fingerprint density at radius 1 is 1.03 bits per heavy atom. The van der Waals surface area contributed by atoms with Gasteiger partial charge < -0.3 is 4.74 Å². The van der Waals surface area contributed by atoms with E-state index in [1.165, 1.54) is 0 Å². The molecule has 0 amide bonds. The minimum atomic E-state index is 0.0581. The molecule has 0 saturated carbocycles. The normalized spacial score (nSPS) is 11.2. The van der Waals surface area contributed by atoms with E-state index in [4.69, 9.17) is 14.8 Å².